The van der Waals surface area contributed by atoms with Crippen LogP contribution in [-0.4, -0.2) is 24.9 Å². The number of benzene rings is 1. The smallest absolute Gasteiger partial charge is 0.256 e. The average molecular weight is 286 g/mol. The van der Waals surface area contributed by atoms with E-state index in [2.05, 4.69) is 25.1 Å². The number of nitrogens with two attached hydrogens (primary N) is 1. The van der Waals surface area contributed by atoms with Gasteiger partial charge in [-0.15, -0.1) is 11.3 Å². The predicted octanol–water partition coefficient (Wildman–Crippen LogP) is 3.36. The number of rotatable bonds is 1. The zero-order chi connectivity index (χ0) is 14.4. The second-order valence-electron chi connectivity index (χ2n) is 5.53. The number of fused-ring (bicyclic) bond motifs is 3. The van der Waals surface area contributed by atoms with Crippen molar-refractivity contribution in [1.29, 1.82) is 0 Å². The second-order valence-corrected chi connectivity index (χ2v) is 6.67. The second kappa shape index (κ2) is 4.63. The molecule has 1 aliphatic rings. The van der Waals surface area contributed by atoms with Crippen LogP contribution < -0.4 is 5.73 Å². The minimum Gasteiger partial charge on any atom is -0.390 e. The molecule has 2 aromatic rings. The highest BCUT2D eigenvalue weighted by Crippen LogP contribution is 2.47. The van der Waals surface area contributed by atoms with Crippen molar-refractivity contribution in [2.75, 3.05) is 19.8 Å². The number of hydrogen-bond acceptors (Lipinski definition) is 3. The van der Waals surface area contributed by atoms with Gasteiger partial charge in [0.25, 0.3) is 5.91 Å². The molecule has 2 N–H and O–H groups in total. The Morgan fingerprint density at radius 1 is 1.35 bits per heavy atom. The third kappa shape index (κ3) is 1.83. The summed E-state index contributed by atoms with van der Waals surface area (Å²) in [6, 6.07) is 8.34. The first kappa shape index (κ1) is 13.2. The normalized spacial score (nSPS) is 16.4. The Morgan fingerprint density at radius 2 is 2.05 bits per heavy atom. The Labute approximate surface area is 123 Å². The van der Waals surface area contributed by atoms with E-state index in [-0.39, 0.29) is 5.91 Å². The summed E-state index contributed by atoms with van der Waals surface area (Å²) in [7, 11) is 3.53. The summed E-state index contributed by atoms with van der Waals surface area (Å²) in [6.45, 7) is 2.23. The first-order valence-electron chi connectivity index (χ1n) is 6.72. The van der Waals surface area contributed by atoms with E-state index in [4.69, 9.17) is 5.73 Å². The highest BCUT2D eigenvalue weighted by atomic mass is 32.1. The molecule has 1 amide bonds. The van der Waals surface area contributed by atoms with Gasteiger partial charge in [-0.25, -0.2) is 0 Å². The molecular formula is C16H18N2OS. The standard InChI is InChI=1S/C16H18N2OS/c1-9-8-12-13(11-7-5-4-6-10(9)11)14(15(17)20-12)16(19)18(2)3/h4-7,9H,8,17H2,1-3H3. The van der Waals surface area contributed by atoms with Crippen LogP contribution in [0.3, 0.4) is 0 Å². The fourth-order valence-corrected chi connectivity index (χ4v) is 4.11. The van der Waals surface area contributed by atoms with Gasteiger partial charge in [0, 0.05) is 24.5 Å². The Hall–Kier alpha value is -1.81. The molecular weight excluding hydrogens is 268 g/mol. The monoisotopic (exact) mass is 286 g/mol. The molecule has 0 bridgehead atoms. The van der Waals surface area contributed by atoms with Crippen molar-refractivity contribution >= 4 is 22.2 Å². The fourth-order valence-electron chi connectivity index (χ4n) is 2.90. The molecule has 1 aromatic carbocycles. The van der Waals surface area contributed by atoms with Gasteiger partial charge >= 0.3 is 0 Å². The van der Waals surface area contributed by atoms with Crippen molar-refractivity contribution < 1.29 is 4.79 Å². The van der Waals surface area contributed by atoms with Gasteiger partial charge in [0.1, 0.15) is 0 Å². The van der Waals surface area contributed by atoms with Crippen molar-refractivity contribution in [2.24, 2.45) is 0 Å². The Balaban J connectivity index is 2.28. The van der Waals surface area contributed by atoms with Crippen LogP contribution in [0.4, 0.5) is 5.00 Å². The molecule has 3 nitrogen and oxygen atoms in total. The van der Waals surface area contributed by atoms with E-state index in [9.17, 15) is 4.79 Å². The number of anilines is 1. The topological polar surface area (TPSA) is 46.3 Å². The number of nitrogens with zero attached hydrogens (tertiary/aromatic N) is 1. The highest BCUT2D eigenvalue weighted by molar-refractivity contribution is 7.17. The summed E-state index contributed by atoms with van der Waals surface area (Å²) in [5.74, 6) is 0.461. The van der Waals surface area contributed by atoms with Crippen LogP contribution in [0.1, 0.15) is 33.6 Å². The van der Waals surface area contributed by atoms with E-state index in [1.165, 1.54) is 16.0 Å². The molecule has 104 valence electrons. The lowest BCUT2D eigenvalue weighted by Gasteiger charge is -2.23. The molecule has 20 heavy (non-hydrogen) atoms. The predicted molar refractivity (Wildman–Crippen MR) is 84.3 cm³/mol. The molecule has 0 saturated carbocycles. The first-order valence-corrected chi connectivity index (χ1v) is 7.54. The molecule has 0 fully saturated rings. The van der Waals surface area contributed by atoms with Crippen LogP contribution in [-0.2, 0) is 6.42 Å². The summed E-state index contributed by atoms with van der Waals surface area (Å²) in [4.78, 5) is 15.3. The SMILES string of the molecule is CC1Cc2sc(N)c(C(=O)N(C)C)c2-c2ccccc21. The van der Waals surface area contributed by atoms with Crippen LogP contribution in [0, 0.1) is 0 Å². The number of nitrogen functional groups attached to an aromatic ring is 1. The molecule has 4 heteroatoms. The third-order valence-corrected chi connectivity index (χ3v) is 4.92. The number of amides is 1. The lowest BCUT2D eigenvalue weighted by molar-refractivity contribution is 0.0829. The van der Waals surface area contributed by atoms with E-state index < -0.39 is 0 Å². The number of hydrogen-bond donors (Lipinski definition) is 1. The molecule has 1 aliphatic carbocycles. The number of carbonyl (C=O) groups is 1. The molecule has 0 saturated heterocycles. The van der Waals surface area contributed by atoms with Crippen LogP contribution in [0.25, 0.3) is 11.1 Å². The van der Waals surface area contributed by atoms with Crippen LogP contribution in [0.15, 0.2) is 24.3 Å². The molecule has 0 spiro atoms. The summed E-state index contributed by atoms with van der Waals surface area (Å²) >= 11 is 1.56. The highest BCUT2D eigenvalue weighted by Gasteiger charge is 2.30. The van der Waals surface area contributed by atoms with E-state index >= 15 is 0 Å². The molecule has 0 aliphatic heterocycles. The summed E-state index contributed by atoms with van der Waals surface area (Å²) < 4.78 is 0. The van der Waals surface area contributed by atoms with Crippen LogP contribution in [0.5, 0.6) is 0 Å². The molecule has 0 radical (unpaired) electrons. The van der Waals surface area contributed by atoms with E-state index in [0.717, 1.165) is 12.0 Å². The third-order valence-electron chi connectivity index (χ3n) is 3.88. The number of carbonyl (C=O) groups excluding carboxylic acids is 1. The lowest BCUT2D eigenvalue weighted by atomic mass is 9.82. The van der Waals surface area contributed by atoms with Gasteiger partial charge in [0.2, 0.25) is 0 Å². The minimum atomic E-state index is -0.00986. The van der Waals surface area contributed by atoms with Crippen LogP contribution >= 0.6 is 11.3 Å². The van der Waals surface area contributed by atoms with E-state index in [1.54, 1.807) is 30.3 Å². The first-order chi connectivity index (χ1) is 9.50. The maximum Gasteiger partial charge on any atom is 0.256 e. The van der Waals surface area contributed by atoms with Gasteiger partial charge in [0.05, 0.1) is 10.6 Å². The summed E-state index contributed by atoms with van der Waals surface area (Å²) in [5.41, 5.74) is 10.3. The van der Waals surface area contributed by atoms with Crippen molar-refractivity contribution in [1.82, 2.24) is 4.90 Å². The maximum atomic E-state index is 12.4. The van der Waals surface area contributed by atoms with Gasteiger partial charge in [-0.05, 0) is 23.5 Å². The Bertz CT molecular complexity index is 688. The zero-order valence-electron chi connectivity index (χ0n) is 11.9. The Kier molecular flexibility index (Phi) is 3.05. The maximum absolute atomic E-state index is 12.4. The molecule has 3 rings (SSSR count). The minimum absolute atomic E-state index is 0.00986. The molecule has 1 aromatic heterocycles. The zero-order valence-corrected chi connectivity index (χ0v) is 12.8. The lowest BCUT2D eigenvalue weighted by Crippen LogP contribution is -2.23. The van der Waals surface area contributed by atoms with Gasteiger partial charge in [0.15, 0.2) is 0 Å². The summed E-state index contributed by atoms with van der Waals surface area (Å²) in [6.07, 6.45) is 0.960. The van der Waals surface area contributed by atoms with Crippen molar-refractivity contribution in [3.63, 3.8) is 0 Å². The molecule has 1 atom stereocenters. The number of thiophene rings is 1. The van der Waals surface area contributed by atoms with E-state index in [1.807, 2.05) is 6.07 Å². The van der Waals surface area contributed by atoms with Crippen molar-refractivity contribution in [2.45, 2.75) is 19.3 Å². The molecule has 1 heterocycles. The summed E-state index contributed by atoms with van der Waals surface area (Å²) in [5, 5.41) is 0.637. The molecule has 1 unspecified atom stereocenters. The van der Waals surface area contributed by atoms with Crippen molar-refractivity contribution in [3.05, 3.63) is 40.3 Å². The van der Waals surface area contributed by atoms with Gasteiger partial charge < -0.3 is 10.6 Å². The van der Waals surface area contributed by atoms with Gasteiger partial charge in [-0.1, -0.05) is 31.2 Å². The Morgan fingerprint density at radius 3 is 2.75 bits per heavy atom. The van der Waals surface area contributed by atoms with Gasteiger partial charge in [-0.2, -0.15) is 0 Å². The van der Waals surface area contributed by atoms with Gasteiger partial charge in [-0.3, -0.25) is 4.79 Å². The quantitative estimate of drug-likeness (QED) is 0.873. The van der Waals surface area contributed by atoms with Crippen LogP contribution in [0.2, 0.25) is 0 Å². The van der Waals surface area contributed by atoms with Crippen molar-refractivity contribution in [3.8, 4) is 11.1 Å². The average Bonchev–Trinajstić information content (AvgIpc) is 2.74. The fraction of sp³-hybridized carbons (Fsp3) is 0.312. The largest absolute Gasteiger partial charge is 0.390 e. The van der Waals surface area contributed by atoms with E-state index in [0.29, 0.717) is 16.5 Å².